The smallest absolute Gasteiger partial charge is 0.240 e. The van der Waals surface area contributed by atoms with Gasteiger partial charge in [0.2, 0.25) is 5.91 Å². The van der Waals surface area contributed by atoms with Gasteiger partial charge in [-0.25, -0.2) is 0 Å². The predicted molar refractivity (Wildman–Crippen MR) is 85.8 cm³/mol. The fourth-order valence-corrected chi connectivity index (χ4v) is 3.07. The molecule has 3 N–H and O–H groups in total. The normalized spacial score (nSPS) is 16.6. The molecule has 1 aromatic rings. The summed E-state index contributed by atoms with van der Waals surface area (Å²) in [4.78, 5) is 12.0. The van der Waals surface area contributed by atoms with Crippen molar-refractivity contribution in [1.82, 2.24) is 5.32 Å². The second-order valence-corrected chi connectivity index (χ2v) is 5.88. The summed E-state index contributed by atoms with van der Waals surface area (Å²) in [6.07, 6.45) is 4.21. The Morgan fingerprint density at radius 3 is 2.35 bits per heavy atom. The maximum absolute atomic E-state index is 12.0. The fourth-order valence-electron chi connectivity index (χ4n) is 2.48. The van der Waals surface area contributed by atoms with Crippen LogP contribution in [0.3, 0.4) is 0 Å². The van der Waals surface area contributed by atoms with E-state index in [9.17, 15) is 4.79 Å². The van der Waals surface area contributed by atoms with Crippen LogP contribution in [0.5, 0.6) is 0 Å². The van der Waals surface area contributed by atoms with Gasteiger partial charge in [-0.05, 0) is 37.0 Å². The van der Waals surface area contributed by atoms with Crippen molar-refractivity contribution < 1.29 is 4.79 Å². The molecule has 0 aromatic heterocycles. The minimum absolute atomic E-state index is 0. The molecule has 1 aliphatic rings. The standard InChI is InChI=1S/C14H18Cl2N2O.ClH/c15-11-4-3-5-12(16)10(11)6-9-18-13(19)14(17)7-1-2-8-14;/h3-5H,1-2,6-9,17H2,(H,18,19);1H. The lowest BCUT2D eigenvalue weighted by molar-refractivity contribution is -0.126. The second-order valence-electron chi connectivity index (χ2n) is 5.07. The summed E-state index contributed by atoms with van der Waals surface area (Å²) in [7, 11) is 0. The summed E-state index contributed by atoms with van der Waals surface area (Å²) in [6.45, 7) is 0.501. The van der Waals surface area contributed by atoms with Gasteiger partial charge in [0.15, 0.2) is 0 Å². The van der Waals surface area contributed by atoms with Crippen molar-refractivity contribution >= 4 is 41.5 Å². The van der Waals surface area contributed by atoms with Gasteiger partial charge >= 0.3 is 0 Å². The summed E-state index contributed by atoms with van der Waals surface area (Å²) in [6, 6.07) is 5.40. The summed E-state index contributed by atoms with van der Waals surface area (Å²) >= 11 is 12.2. The van der Waals surface area contributed by atoms with E-state index < -0.39 is 5.54 Å². The van der Waals surface area contributed by atoms with Gasteiger partial charge in [0, 0.05) is 16.6 Å². The number of hydrogen-bond acceptors (Lipinski definition) is 2. The van der Waals surface area contributed by atoms with Crippen molar-refractivity contribution in [3.8, 4) is 0 Å². The highest BCUT2D eigenvalue weighted by Crippen LogP contribution is 2.27. The lowest BCUT2D eigenvalue weighted by Gasteiger charge is -2.22. The number of hydrogen-bond donors (Lipinski definition) is 2. The average Bonchev–Trinajstić information content (AvgIpc) is 2.81. The Morgan fingerprint density at radius 2 is 1.80 bits per heavy atom. The van der Waals surface area contributed by atoms with Gasteiger partial charge in [-0.15, -0.1) is 12.4 Å². The molecule has 0 atom stereocenters. The van der Waals surface area contributed by atoms with Crippen molar-refractivity contribution in [3.05, 3.63) is 33.8 Å². The third-order valence-electron chi connectivity index (χ3n) is 3.67. The van der Waals surface area contributed by atoms with E-state index in [0.717, 1.165) is 31.2 Å². The zero-order chi connectivity index (χ0) is 13.9. The highest BCUT2D eigenvalue weighted by atomic mass is 35.5. The number of amides is 1. The number of nitrogens with two attached hydrogens (primary N) is 1. The van der Waals surface area contributed by atoms with Crippen molar-refractivity contribution in [2.45, 2.75) is 37.6 Å². The maximum atomic E-state index is 12.0. The lowest BCUT2D eigenvalue weighted by atomic mass is 9.98. The van der Waals surface area contributed by atoms with E-state index >= 15 is 0 Å². The molecule has 3 nitrogen and oxygen atoms in total. The van der Waals surface area contributed by atoms with Crippen molar-refractivity contribution in [2.75, 3.05) is 6.54 Å². The number of rotatable bonds is 4. The van der Waals surface area contributed by atoms with E-state index in [1.807, 2.05) is 0 Å². The monoisotopic (exact) mass is 336 g/mol. The van der Waals surface area contributed by atoms with Gasteiger partial charge in [-0.3, -0.25) is 4.79 Å². The Hall–Kier alpha value is -0.480. The molecule has 0 saturated heterocycles. The van der Waals surface area contributed by atoms with Gasteiger partial charge in [0.25, 0.3) is 0 Å². The zero-order valence-electron chi connectivity index (χ0n) is 11.1. The Balaban J connectivity index is 0.00000200. The van der Waals surface area contributed by atoms with E-state index in [1.165, 1.54) is 0 Å². The molecule has 0 unspecified atom stereocenters. The molecule has 1 aliphatic carbocycles. The molecular formula is C14H19Cl3N2O. The van der Waals surface area contributed by atoms with E-state index in [4.69, 9.17) is 28.9 Å². The first-order chi connectivity index (χ1) is 9.03. The van der Waals surface area contributed by atoms with Crippen LogP contribution in [0.2, 0.25) is 10.0 Å². The van der Waals surface area contributed by atoms with Gasteiger partial charge in [-0.1, -0.05) is 42.1 Å². The van der Waals surface area contributed by atoms with Crippen LogP contribution in [0, 0.1) is 0 Å². The quantitative estimate of drug-likeness (QED) is 0.885. The highest BCUT2D eigenvalue weighted by molar-refractivity contribution is 6.35. The van der Waals surface area contributed by atoms with E-state index in [1.54, 1.807) is 18.2 Å². The lowest BCUT2D eigenvalue weighted by Crippen LogP contribution is -2.52. The third-order valence-corrected chi connectivity index (χ3v) is 4.38. The van der Waals surface area contributed by atoms with Crippen LogP contribution < -0.4 is 11.1 Å². The van der Waals surface area contributed by atoms with Gasteiger partial charge < -0.3 is 11.1 Å². The predicted octanol–water partition coefficient (Wildman–Crippen LogP) is 3.35. The number of carbonyl (C=O) groups is 1. The molecule has 1 saturated carbocycles. The number of halogens is 3. The Labute approximate surface area is 135 Å². The van der Waals surface area contributed by atoms with Crippen LogP contribution in [-0.4, -0.2) is 18.0 Å². The summed E-state index contributed by atoms with van der Waals surface area (Å²) < 4.78 is 0. The third kappa shape index (κ3) is 4.01. The molecule has 1 amide bonds. The van der Waals surface area contributed by atoms with E-state index in [2.05, 4.69) is 5.32 Å². The molecule has 2 rings (SSSR count). The summed E-state index contributed by atoms with van der Waals surface area (Å²) in [5.74, 6) is -0.0619. The van der Waals surface area contributed by atoms with Gasteiger partial charge in [0.1, 0.15) is 0 Å². The molecule has 0 aliphatic heterocycles. The molecule has 20 heavy (non-hydrogen) atoms. The molecule has 0 bridgehead atoms. The van der Waals surface area contributed by atoms with Crippen LogP contribution >= 0.6 is 35.6 Å². The molecule has 1 aromatic carbocycles. The largest absolute Gasteiger partial charge is 0.354 e. The van der Waals surface area contributed by atoms with Crippen LogP contribution in [0.4, 0.5) is 0 Å². The van der Waals surface area contributed by atoms with Crippen LogP contribution in [-0.2, 0) is 11.2 Å². The molecule has 0 heterocycles. The van der Waals surface area contributed by atoms with Crippen molar-refractivity contribution in [3.63, 3.8) is 0 Å². The number of nitrogens with one attached hydrogen (secondary N) is 1. The van der Waals surface area contributed by atoms with E-state index in [0.29, 0.717) is 23.0 Å². The first-order valence-electron chi connectivity index (χ1n) is 6.53. The Bertz CT molecular complexity index is 453. The van der Waals surface area contributed by atoms with Crippen molar-refractivity contribution in [1.29, 1.82) is 0 Å². The SMILES string of the molecule is Cl.NC1(C(=O)NCCc2c(Cl)cccc2Cl)CCCC1. The molecule has 6 heteroatoms. The molecule has 112 valence electrons. The maximum Gasteiger partial charge on any atom is 0.240 e. The minimum Gasteiger partial charge on any atom is -0.354 e. The minimum atomic E-state index is -0.676. The van der Waals surface area contributed by atoms with Crippen LogP contribution in [0.25, 0.3) is 0 Å². The van der Waals surface area contributed by atoms with Crippen LogP contribution in [0.1, 0.15) is 31.2 Å². The Kier molecular flexibility index (Phi) is 6.59. The molecule has 0 spiro atoms. The zero-order valence-corrected chi connectivity index (χ0v) is 13.5. The van der Waals surface area contributed by atoms with E-state index in [-0.39, 0.29) is 18.3 Å². The van der Waals surface area contributed by atoms with Gasteiger partial charge in [0.05, 0.1) is 5.54 Å². The topological polar surface area (TPSA) is 55.1 Å². The fraction of sp³-hybridized carbons (Fsp3) is 0.500. The average molecular weight is 338 g/mol. The Morgan fingerprint density at radius 1 is 1.25 bits per heavy atom. The van der Waals surface area contributed by atoms with Gasteiger partial charge in [-0.2, -0.15) is 0 Å². The molecular weight excluding hydrogens is 319 g/mol. The second kappa shape index (κ2) is 7.51. The molecule has 1 fully saturated rings. The number of benzene rings is 1. The number of carbonyl (C=O) groups excluding carboxylic acids is 1. The summed E-state index contributed by atoms with van der Waals surface area (Å²) in [5, 5.41) is 4.15. The summed E-state index contributed by atoms with van der Waals surface area (Å²) in [5.41, 5.74) is 6.27. The molecule has 0 radical (unpaired) electrons. The first-order valence-corrected chi connectivity index (χ1v) is 7.28. The highest BCUT2D eigenvalue weighted by Gasteiger charge is 2.36. The van der Waals surface area contributed by atoms with Crippen LogP contribution in [0.15, 0.2) is 18.2 Å². The first kappa shape index (κ1) is 17.6. The van der Waals surface area contributed by atoms with Crippen molar-refractivity contribution in [2.24, 2.45) is 5.73 Å².